The van der Waals surface area contributed by atoms with Gasteiger partial charge in [0.05, 0.1) is 80.3 Å². The molecule has 0 unspecified atom stereocenters. The Morgan fingerprint density at radius 3 is 2.47 bits per heavy atom. The van der Waals surface area contributed by atoms with E-state index < -0.39 is 29.6 Å². The summed E-state index contributed by atoms with van der Waals surface area (Å²) in [4.78, 5) is 62.3. The van der Waals surface area contributed by atoms with Gasteiger partial charge in [-0.25, -0.2) is 10.4 Å². The van der Waals surface area contributed by atoms with Crippen molar-refractivity contribution in [3.63, 3.8) is 0 Å². The lowest BCUT2D eigenvalue weighted by Crippen LogP contribution is -2.74. The van der Waals surface area contributed by atoms with Crippen LogP contribution in [0.1, 0.15) is 94.6 Å². The van der Waals surface area contributed by atoms with Crippen LogP contribution >= 0.6 is 11.3 Å². The van der Waals surface area contributed by atoms with Crippen molar-refractivity contribution in [3.8, 4) is 22.5 Å². The molecule has 408 valence electrons. The average Bonchev–Trinajstić information content (AvgIpc) is 4.09. The first-order chi connectivity index (χ1) is 36.8. The molecule has 7 saturated heterocycles. The number of likely N-dealkylation sites (tertiary alicyclic amines) is 1. The van der Waals surface area contributed by atoms with Gasteiger partial charge in [0.15, 0.2) is 0 Å². The Morgan fingerprint density at radius 2 is 1.78 bits per heavy atom. The molecule has 2 aliphatic carbocycles. The summed E-state index contributed by atoms with van der Waals surface area (Å²) in [5.74, 6) is -0.963. The van der Waals surface area contributed by atoms with Crippen LogP contribution in [0, 0.1) is 22.7 Å². The number of hydrogen-bond donors (Lipinski definition) is 2. The maximum Gasteiger partial charge on any atom is 0.325 e. The second-order valence-corrected chi connectivity index (χ2v) is 25.3. The van der Waals surface area contributed by atoms with Crippen molar-refractivity contribution in [2.45, 2.75) is 128 Å². The number of anilines is 1. The number of fused-ring (bicyclic) bond motifs is 4. The summed E-state index contributed by atoms with van der Waals surface area (Å²) >= 11 is 1.51. The molecule has 10 aliphatic rings. The third-order valence-electron chi connectivity index (χ3n) is 18.2. The van der Waals surface area contributed by atoms with Crippen molar-refractivity contribution in [2.75, 3.05) is 97.5 Å². The SMILES string of the molecule is CO[C@@H](C)c1ncc(N2CCN(C3CC3)CC2)cc1-c1c2c3cc(ccc3n1CCOC1CCOCC1)-c1csc(n1)[C@@H](N1CC3(COC3)C1)[C@H](NC(=O)[C@H]1OC[C@@H]1C)C(=O)N1N[C@H](C(=O)OCC(C)(C)C2)C2CC1C2. The molecule has 76 heavy (non-hydrogen) atoms. The molecule has 1 aromatic carbocycles. The molecule has 9 fully saturated rings. The Hall–Kier alpha value is -4.57. The van der Waals surface area contributed by atoms with Gasteiger partial charge in [0.1, 0.15) is 23.2 Å². The van der Waals surface area contributed by atoms with Crippen molar-refractivity contribution < 1.29 is 42.8 Å². The number of thiazole rings is 1. The van der Waals surface area contributed by atoms with E-state index in [1.54, 1.807) is 12.1 Å². The highest BCUT2D eigenvalue weighted by Gasteiger charge is 2.57. The first kappa shape index (κ1) is 50.9. The number of esters is 1. The number of carbonyl (C=O) groups excluding carboxylic acids is 3. The molecular weight excluding hydrogens is 987 g/mol. The fourth-order valence-corrected chi connectivity index (χ4v) is 14.4. The number of benzene rings is 1. The van der Waals surface area contributed by atoms with E-state index >= 15 is 4.79 Å². The van der Waals surface area contributed by atoms with E-state index in [0.717, 1.165) is 100 Å². The van der Waals surface area contributed by atoms with Crippen molar-refractivity contribution in [2.24, 2.45) is 22.7 Å². The summed E-state index contributed by atoms with van der Waals surface area (Å²) < 4.78 is 38.9. The van der Waals surface area contributed by atoms with Crippen LogP contribution in [0.25, 0.3) is 33.4 Å². The molecule has 2 amide bonds. The third-order valence-corrected chi connectivity index (χ3v) is 19.1. The Labute approximate surface area is 449 Å². The van der Waals surface area contributed by atoms with Crippen molar-refractivity contribution >= 4 is 45.7 Å². The average molecular weight is 1060 g/mol. The Kier molecular flexibility index (Phi) is 13.6. The molecule has 18 nitrogen and oxygen atoms in total. The first-order valence-corrected chi connectivity index (χ1v) is 29.0. The number of aromatic nitrogens is 3. The van der Waals surface area contributed by atoms with Crippen molar-refractivity contribution in [3.05, 3.63) is 52.1 Å². The Bertz CT molecular complexity index is 2840. The standard InChI is InChI=1S/C57H75N9O9S/c1-33-26-74-51(33)52(67)60-48-50(64-28-57(29-64)31-72-32-57)53-59-44(27-76-53)35-6-9-45-41(22-35)43(24-56(3,4)30-75-55(69)47-36-20-38(21-36)66(61-47)54(48)68)49(65(45)16-19-73-40-10-17-71-18-11-40)42-23-39(25-58-46(42)34(2)70-5)63-14-12-62(13-15-63)37-7-8-37/h6,9,22-23,25,27,33-34,36-38,40,47-48,50-51,61H,7-8,10-21,24,26,28-32H2,1-5H3,(H,60,67)/t33-,34-,36?,38?,47-,48-,50-,51-/m0/s1. The number of pyridine rings is 1. The van der Waals surface area contributed by atoms with Gasteiger partial charge in [0, 0.05) is 122 Å². The minimum absolute atomic E-state index is 0.00560. The molecule has 2 N–H and O–H groups in total. The molecule has 8 bridgehead atoms. The number of cyclic esters (lactones) is 1. The van der Waals surface area contributed by atoms with Gasteiger partial charge in [-0.1, -0.05) is 26.8 Å². The molecule has 19 heteroatoms. The molecule has 3 aromatic heterocycles. The zero-order chi connectivity index (χ0) is 52.0. The van der Waals surface area contributed by atoms with Crippen LogP contribution in [-0.2, 0) is 55.8 Å². The van der Waals surface area contributed by atoms with E-state index in [1.165, 1.54) is 24.2 Å². The number of ether oxygens (including phenoxy) is 6. The highest BCUT2D eigenvalue weighted by Crippen LogP contribution is 2.48. The van der Waals surface area contributed by atoms with E-state index in [-0.39, 0.29) is 59.9 Å². The zero-order valence-corrected chi connectivity index (χ0v) is 45.6. The molecule has 8 aliphatic heterocycles. The number of piperazine rings is 1. The summed E-state index contributed by atoms with van der Waals surface area (Å²) in [6.45, 7) is 18.2. The second-order valence-electron chi connectivity index (χ2n) is 24.4. The maximum atomic E-state index is 15.4. The molecule has 2 saturated carbocycles. The summed E-state index contributed by atoms with van der Waals surface area (Å²) in [7, 11) is 1.75. The molecule has 14 rings (SSSR count). The van der Waals surface area contributed by atoms with Crippen LogP contribution in [0.4, 0.5) is 5.69 Å². The quantitative estimate of drug-likeness (QED) is 0.170. The number of nitrogens with zero attached hydrogens (tertiary/aromatic N) is 7. The number of rotatable bonds is 12. The molecule has 4 aromatic rings. The third kappa shape index (κ3) is 9.46. The zero-order valence-electron chi connectivity index (χ0n) is 44.8. The summed E-state index contributed by atoms with van der Waals surface area (Å²) in [6, 6.07) is 7.24. The van der Waals surface area contributed by atoms with Crippen molar-refractivity contribution in [1.82, 2.24) is 40.1 Å². The van der Waals surface area contributed by atoms with Crippen LogP contribution in [0.15, 0.2) is 35.8 Å². The smallest absolute Gasteiger partial charge is 0.325 e. The lowest BCUT2D eigenvalue weighted by molar-refractivity contribution is -0.204. The highest BCUT2D eigenvalue weighted by atomic mass is 32.1. The normalized spacial score (nSPS) is 30.2. The van der Waals surface area contributed by atoms with Crippen LogP contribution in [0.3, 0.4) is 0 Å². The van der Waals surface area contributed by atoms with E-state index in [2.05, 4.69) is 80.4 Å². The van der Waals surface area contributed by atoms with Gasteiger partial charge in [-0.05, 0) is 81.5 Å². The number of amides is 2. The monoisotopic (exact) mass is 1060 g/mol. The molecular formula is C57H75N9O9S. The molecule has 0 radical (unpaired) electrons. The largest absolute Gasteiger partial charge is 0.464 e. The van der Waals surface area contributed by atoms with E-state index in [4.69, 9.17) is 38.4 Å². The van der Waals surface area contributed by atoms with Crippen LogP contribution < -0.4 is 15.6 Å². The Morgan fingerprint density at radius 1 is 0.987 bits per heavy atom. The topological polar surface area (TPSA) is 174 Å². The van der Waals surface area contributed by atoms with E-state index in [0.29, 0.717) is 78.5 Å². The highest BCUT2D eigenvalue weighted by molar-refractivity contribution is 7.10. The van der Waals surface area contributed by atoms with Crippen LogP contribution in [-0.4, -0.2) is 176 Å². The molecule has 11 heterocycles. The number of hydrogen-bond acceptors (Lipinski definition) is 16. The minimum Gasteiger partial charge on any atom is -0.464 e. The van der Waals surface area contributed by atoms with Crippen LogP contribution in [0.5, 0.6) is 0 Å². The van der Waals surface area contributed by atoms with E-state index in [1.807, 2.05) is 13.1 Å². The summed E-state index contributed by atoms with van der Waals surface area (Å²) in [5, 5.41) is 8.75. The predicted octanol–water partition coefficient (Wildman–Crippen LogP) is 5.53. The summed E-state index contributed by atoms with van der Waals surface area (Å²) in [6.07, 6.45) is 7.40. The van der Waals surface area contributed by atoms with Crippen LogP contribution in [0.2, 0.25) is 0 Å². The Balaban J connectivity index is 0.956. The molecule has 1 spiro atoms. The predicted molar refractivity (Wildman–Crippen MR) is 285 cm³/mol. The second kappa shape index (κ2) is 20.3. The number of nitrogens with one attached hydrogen (secondary N) is 2. The lowest BCUT2D eigenvalue weighted by Gasteiger charge is -2.58. The van der Waals surface area contributed by atoms with Gasteiger partial charge in [-0.15, -0.1) is 11.3 Å². The number of carbonyl (C=O) groups is 3. The van der Waals surface area contributed by atoms with Gasteiger partial charge in [0.25, 0.3) is 5.91 Å². The van der Waals surface area contributed by atoms with Gasteiger partial charge < -0.3 is 43.2 Å². The van der Waals surface area contributed by atoms with Gasteiger partial charge in [-0.2, -0.15) is 0 Å². The summed E-state index contributed by atoms with van der Waals surface area (Å²) in [5.41, 5.74) is 10.7. The maximum absolute atomic E-state index is 15.4. The van der Waals surface area contributed by atoms with Gasteiger partial charge in [-0.3, -0.25) is 34.2 Å². The number of hydrazine groups is 1. The fraction of sp³-hybridized carbons (Fsp3) is 0.667. The van der Waals surface area contributed by atoms with Gasteiger partial charge in [0.2, 0.25) is 5.91 Å². The fourth-order valence-electron chi connectivity index (χ4n) is 13.4. The first-order valence-electron chi connectivity index (χ1n) is 28.1. The van der Waals surface area contributed by atoms with E-state index in [9.17, 15) is 9.59 Å². The minimum atomic E-state index is -1.02. The number of methoxy groups -OCH3 is 1. The molecule has 6 atom stereocenters. The van der Waals surface area contributed by atoms with Gasteiger partial charge >= 0.3 is 5.97 Å². The lowest BCUT2D eigenvalue weighted by atomic mass is 9.72. The van der Waals surface area contributed by atoms with Crippen molar-refractivity contribution in [1.29, 1.82) is 0 Å².